The van der Waals surface area contributed by atoms with E-state index < -0.39 is 0 Å². The monoisotopic (exact) mass is 474 g/mol. The first kappa shape index (κ1) is 23.3. The minimum atomic E-state index is -0.0885. The number of nitrogens with zero attached hydrogens (tertiary/aromatic N) is 4. The van der Waals surface area contributed by atoms with Gasteiger partial charge in [0, 0.05) is 51.3 Å². The molecule has 0 aliphatic carbocycles. The maximum Gasteiger partial charge on any atom is 0.318 e. The fourth-order valence-corrected chi connectivity index (χ4v) is 4.80. The van der Waals surface area contributed by atoms with Crippen molar-refractivity contribution >= 4 is 22.5 Å². The van der Waals surface area contributed by atoms with Gasteiger partial charge in [-0.3, -0.25) is 4.79 Å². The summed E-state index contributed by atoms with van der Waals surface area (Å²) in [7, 11) is 3.20. The summed E-state index contributed by atoms with van der Waals surface area (Å²) in [5.74, 6) is 0.843. The van der Waals surface area contributed by atoms with Crippen LogP contribution in [0.4, 0.5) is 5.82 Å². The molecule has 8 heteroatoms. The first-order valence-corrected chi connectivity index (χ1v) is 11.9. The minimum absolute atomic E-state index is 0.00487. The second-order valence-corrected chi connectivity index (χ2v) is 8.70. The molecular formula is C27H30N4O4. The highest BCUT2D eigenvalue weighted by Crippen LogP contribution is 2.37. The van der Waals surface area contributed by atoms with Gasteiger partial charge in [-0.1, -0.05) is 48.5 Å². The number of anilines is 1. The molecule has 0 bridgehead atoms. The van der Waals surface area contributed by atoms with E-state index in [-0.39, 0.29) is 12.0 Å². The van der Waals surface area contributed by atoms with Crippen molar-refractivity contribution in [2.24, 2.45) is 0 Å². The number of carbonyl (C=O) groups excluding carboxylic acids is 1. The van der Waals surface area contributed by atoms with Crippen LogP contribution in [0.5, 0.6) is 6.01 Å². The van der Waals surface area contributed by atoms with Crippen LogP contribution in [0.25, 0.3) is 10.8 Å². The van der Waals surface area contributed by atoms with E-state index in [2.05, 4.69) is 52.3 Å². The van der Waals surface area contributed by atoms with Crippen LogP contribution in [0.3, 0.4) is 0 Å². The highest BCUT2D eigenvalue weighted by molar-refractivity contribution is 5.88. The number of benzene rings is 2. The van der Waals surface area contributed by atoms with Crippen molar-refractivity contribution in [3.63, 3.8) is 0 Å². The van der Waals surface area contributed by atoms with Gasteiger partial charge in [0.05, 0.1) is 32.1 Å². The Morgan fingerprint density at radius 2 is 1.89 bits per heavy atom. The average molecular weight is 475 g/mol. The van der Waals surface area contributed by atoms with Crippen molar-refractivity contribution in [3.8, 4) is 6.01 Å². The van der Waals surface area contributed by atoms with Crippen LogP contribution in [0.2, 0.25) is 0 Å². The molecule has 0 N–H and O–H groups in total. The molecule has 182 valence electrons. The summed E-state index contributed by atoms with van der Waals surface area (Å²) < 4.78 is 16.8. The lowest BCUT2D eigenvalue weighted by Gasteiger charge is -2.37. The summed E-state index contributed by atoms with van der Waals surface area (Å²) in [6, 6.07) is 15.1. The predicted molar refractivity (Wildman–Crippen MR) is 134 cm³/mol. The quantitative estimate of drug-likeness (QED) is 0.508. The number of carbonyl (C=O) groups is 1. The van der Waals surface area contributed by atoms with Gasteiger partial charge in [0.25, 0.3) is 0 Å². The van der Waals surface area contributed by atoms with E-state index in [1.54, 1.807) is 26.4 Å². The predicted octanol–water partition coefficient (Wildman–Crippen LogP) is 3.30. The molecule has 3 aromatic rings. The summed E-state index contributed by atoms with van der Waals surface area (Å²) >= 11 is 0. The molecule has 1 atom stereocenters. The van der Waals surface area contributed by atoms with Crippen molar-refractivity contribution in [1.29, 1.82) is 0 Å². The number of methoxy groups -OCH3 is 2. The Morgan fingerprint density at radius 3 is 2.69 bits per heavy atom. The minimum Gasteiger partial charge on any atom is -0.467 e. The summed E-state index contributed by atoms with van der Waals surface area (Å²) in [4.78, 5) is 25.8. The van der Waals surface area contributed by atoms with Gasteiger partial charge < -0.3 is 24.0 Å². The molecule has 0 radical (unpaired) electrons. The molecule has 1 unspecified atom stereocenters. The van der Waals surface area contributed by atoms with Crippen LogP contribution in [0.15, 0.2) is 54.6 Å². The number of piperazine rings is 1. The Bertz CT molecular complexity index is 1230. The van der Waals surface area contributed by atoms with E-state index in [0.29, 0.717) is 51.8 Å². The van der Waals surface area contributed by atoms with Crippen LogP contribution in [0.1, 0.15) is 22.9 Å². The van der Waals surface area contributed by atoms with Gasteiger partial charge in [0.15, 0.2) is 0 Å². The van der Waals surface area contributed by atoms with Crippen LogP contribution in [-0.2, 0) is 27.3 Å². The maximum absolute atomic E-state index is 12.4. The van der Waals surface area contributed by atoms with Gasteiger partial charge in [-0.25, -0.2) is 0 Å². The van der Waals surface area contributed by atoms with Crippen molar-refractivity contribution in [1.82, 2.24) is 14.9 Å². The summed E-state index contributed by atoms with van der Waals surface area (Å²) in [5, 5.41) is 2.40. The number of aromatic nitrogens is 2. The van der Waals surface area contributed by atoms with E-state index in [0.717, 1.165) is 17.1 Å². The molecule has 2 aliphatic rings. The fourth-order valence-electron chi connectivity index (χ4n) is 4.80. The molecule has 1 aromatic heterocycles. The number of amides is 1. The molecule has 1 amide bonds. The Hall–Kier alpha value is -3.49. The normalized spacial score (nSPS) is 18.2. The van der Waals surface area contributed by atoms with Gasteiger partial charge in [0.1, 0.15) is 5.82 Å². The van der Waals surface area contributed by atoms with Crippen LogP contribution >= 0.6 is 0 Å². The van der Waals surface area contributed by atoms with Gasteiger partial charge in [-0.2, -0.15) is 9.97 Å². The summed E-state index contributed by atoms with van der Waals surface area (Å²) in [5.41, 5.74) is 3.13. The third kappa shape index (κ3) is 4.85. The SMILES string of the molecule is COC/C=C/C(=O)N1CCN(c2nc(OC)nc3c2COC(c2cccc4ccccc24)C3)CC1. The number of fused-ring (bicyclic) bond motifs is 2. The van der Waals surface area contributed by atoms with Crippen molar-refractivity contribution in [2.45, 2.75) is 19.1 Å². The number of ether oxygens (including phenoxy) is 3. The van der Waals surface area contributed by atoms with E-state index >= 15 is 0 Å². The summed E-state index contributed by atoms with van der Waals surface area (Å²) in [6.07, 6.45) is 3.88. The average Bonchev–Trinajstić information content (AvgIpc) is 2.92. The molecule has 0 saturated carbocycles. The lowest BCUT2D eigenvalue weighted by atomic mass is 9.94. The Morgan fingerprint density at radius 1 is 1.09 bits per heavy atom. The molecule has 3 heterocycles. The Kier molecular flexibility index (Phi) is 6.92. The third-order valence-corrected chi connectivity index (χ3v) is 6.63. The molecular weight excluding hydrogens is 444 g/mol. The first-order chi connectivity index (χ1) is 17.2. The molecule has 8 nitrogen and oxygen atoms in total. The zero-order chi connectivity index (χ0) is 24.2. The lowest BCUT2D eigenvalue weighted by molar-refractivity contribution is -0.126. The number of rotatable bonds is 6. The van der Waals surface area contributed by atoms with E-state index in [4.69, 9.17) is 19.2 Å². The van der Waals surface area contributed by atoms with Crippen LogP contribution < -0.4 is 9.64 Å². The molecule has 5 rings (SSSR count). The van der Waals surface area contributed by atoms with E-state index in [1.807, 2.05) is 4.90 Å². The standard InChI is InChI=1S/C27H30N4O4/c1-33-16-6-11-25(32)30-12-14-31(15-13-30)26-22-18-35-24(17-23(22)28-27(29-26)34-2)21-10-5-8-19-7-3-4-9-20(19)21/h3-11,24H,12-18H2,1-2H3/b11-6+. The second-order valence-electron chi connectivity index (χ2n) is 8.70. The van der Waals surface area contributed by atoms with Gasteiger partial charge in [0.2, 0.25) is 5.91 Å². The third-order valence-electron chi connectivity index (χ3n) is 6.63. The Labute approximate surface area is 205 Å². The lowest BCUT2D eigenvalue weighted by Crippen LogP contribution is -2.49. The Balaban J connectivity index is 1.36. The molecule has 0 spiro atoms. The number of hydrogen-bond acceptors (Lipinski definition) is 7. The molecule has 2 aliphatic heterocycles. The highest BCUT2D eigenvalue weighted by Gasteiger charge is 2.30. The molecule has 1 saturated heterocycles. The molecule has 1 fully saturated rings. The van der Waals surface area contributed by atoms with E-state index in [1.165, 1.54) is 16.3 Å². The first-order valence-electron chi connectivity index (χ1n) is 11.9. The zero-order valence-electron chi connectivity index (χ0n) is 20.1. The van der Waals surface area contributed by atoms with Crippen LogP contribution in [-0.4, -0.2) is 67.8 Å². The van der Waals surface area contributed by atoms with Crippen molar-refractivity contribution < 1.29 is 19.0 Å². The van der Waals surface area contributed by atoms with Crippen LogP contribution in [0, 0.1) is 0 Å². The molecule has 35 heavy (non-hydrogen) atoms. The maximum atomic E-state index is 12.4. The highest BCUT2D eigenvalue weighted by atomic mass is 16.5. The largest absolute Gasteiger partial charge is 0.467 e. The zero-order valence-corrected chi connectivity index (χ0v) is 20.1. The van der Waals surface area contributed by atoms with Gasteiger partial charge in [-0.05, 0) is 16.3 Å². The fraction of sp³-hybridized carbons (Fsp3) is 0.370. The topological polar surface area (TPSA) is 77.0 Å². The number of hydrogen-bond donors (Lipinski definition) is 0. The van der Waals surface area contributed by atoms with Gasteiger partial charge in [-0.15, -0.1) is 0 Å². The van der Waals surface area contributed by atoms with Crippen molar-refractivity contribution in [2.75, 3.05) is 51.9 Å². The summed E-state index contributed by atoms with van der Waals surface area (Å²) in [6.45, 7) is 3.47. The van der Waals surface area contributed by atoms with E-state index in [9.17, 15) is 4.79 Å². The van der Waals surface area contributed by atoms with Crippen molar-refractivity contribution in [3.05, 3.63) is 71.4 Å². The van der Waals surface area contributed by atoms with Gasteiger partial charge >= 0.3 is 6.01 Å². The molecule has 2 aromatic carbocycles. The smallest absolute Gasteiger partial charge is 0.318 e. The second kappa shape index (κ2) is 10.4.